The van der Waals surface area contributed by atoms with Crippen molar-refractivity contribution in [1.82, 2.24) is 5.32 Å². The molecule has 0 aromatic heterocycles. The number of hydrogen-bond acceptors (Lipinski definition) is 2. The van der Waals surface area contributed by atoms with Crippen LogP contribution >= 0.6 is 0 Å². The molecule has 6 heteroatoms. The van der Waals surface area contributed by atoms with E-state index < -0.39 is 17.6 Å². The molecule has 1 fully saturated rings. The van der Waals surface area contributed by atoms with Gasteiger partial charge in [-0.05, 0) is 37.0 Å². The highest BCUT2D eigenvalue weighted by atomic mass is 19.4. The van der Waals surface area contributed by atoms with Gasteiger partial charge in [0.1, 0.15) is 5.54 Å². The lowest BCUT2D eigenvalue weighted by atomic mass is 10.1. The minimum atomic E-state index is -4.36. The highest BCUT2D eigenvalue weighted by molar-refractivity contribution is 5.77. The molecular weight excluding hydrogens is 257 g/mol. The monoisotopic (exact) mass is 272 g/mol. The Morgan fingerprint density at radius 3 is 2.58 bits per heavy atom. The molecule has 0 spiro atoms. The summed E-state index contributed by atoms with van der Waals surface area (Å²) in [4.78, 5) is 11.6. The minimum Gasteiger partial charge on any atom is -0.399 e. The van der Waals surface area contributed by atoms with Crippen LogP contribution in [0.1, 0.15) is 24.8 Å². The Labute approximate surface area is 109 Å². The van der Waals surface area contributed by atoms with Gasteiger partial charge in [-0.2, -0.15) is 13.2 Å². The molecule has 3 nitrogen and oxygen atoms in total. The Morgan fingerprint density at radius 2 is 2.05 bits per heavy atom. The maximum absolute atomic E-state index is 12.6. The van der Waals surface area contributed by atoms with Gasteiger partial charge in [0.2, 0.25) is 5.91 Å². The fourth-order valence-electron chi connectivity index (χ4n) is 1.94. The number of nitrogen functional groups attached to an aromatic ring is 1. The summed E-state index contributed by atoms with van der Waals surface area (Å²) in [6, 6.07) is 6.97. The summed E-state index contributed by atoms with van der Waals surface area (Å²) < 4.78 is 37.9. The van der Waals surface area contributed by atoms with Gasteiger partial charge in [-0.25, -0.2) is 0 Å². The van der Waals surface area contributed by atoms with E-state index in [4.69, 9.17) is 5.73 Å². The summed E-state index contributed by atoms with van der Waals surface area (Å²) in [5, 5.41) is 2.10. The molecule has 2 rings (SSSR count). The Balaban J connectivity index is 1.86. The summed E-state index contributed by atoms with van der Waals surface area (Å²) in [6.07, 6.45) is -4.01. The highest BCUT2D eigenvalue weighted by Crippen LogP contribution is 2.48. The molecule has 3 N–H and O–H groups in total. The molecule has 1 aliphatic carbocycles. The number of amides is 1. The van der Waals surface area contributed by atoms with E-state index in [1.54, 1.807) is 24.3 Å². The average Bonchev–Trinajstić information content (AvgIpc) is 3.07. The fraction of sp³-hybridized carbons (Fsp3) is 0.462. The molecule has 0 radical (unpaired) electrons. The summed E-state index contributed by atoms with van der Waals surface area (Å²) in [5.74, 6) is -0.572. The largest absolute Gasteiger partial charge is 0.411 e. The van der Waals surface area contributed by atoms with Crippen molar-refractivity contribution in [2.45, 2.75) is 37.4 Å². The van der Waals surface area contributed by atoms with Gasteiger partial charge >= 0.3 is 6.18 Å². The summed E-state index contributed by atoms with van der Waals surface area (Å²) in [7, 11) is 0. The van der Waals surface area contributed by atoms with Crippen molar-refractivity contribution in [3.8, 4) is 0 Å². The molecule has 0 saturated heterocycles. The number of nitrogens with two attached hydrogens (primary N) is 1. The molecule has 0 heterocycles. The lowest BCUT2D eigenvalue weighted by Gasteiger charge is -2.20. The molecule has 1 aromatic carbocycles. The zero-order valence-electron chi connectivity index (χ0n) is 10.3. The summed E-state index contributed by atoms with van der Waals surface area (Å²) in [5.41, 5.74) is 5.03. The van der Waals surface area contributed by atoms with Gasteiger partial charge in [0.25, 0.3) is 0 Å². The van der Waals surface area contributed by atoms with Crippen molar-refractivity contribution >= 4 is 11.6 Å². The standard InChI is InChI=1S/C13H15F3N2O/c14-13(15,16)12(6-7-12)18-11(19)5-4-9-2-1-3-10(17)8-9/h1-3,8H,4-7,17H2,(H,18,19). The number of halogens is 3. The molecule has 19 heavy (non-hydrogen) atoms. The predicted octanol–water partition coefficient (Wildman–Crippen LogP) is 2.41. The summed E-state index contributed by atoms with van der Waals surface area (Å²) >= 11 is 0. The zero-order valence-corrected chi connectivity index (χ0v) is 10.3. The number of hydrogen-bond donors (Lipinski definition) is 2. The van der Waals surface area contributed by atoms with Crippen LogP contribution in [0, 0.1) is 0 Å². The van der Waals surface area contributed by atoms with Crippen LogP contribution < -0.4 is 11.1 Å². The molecule has 1 saturated carbocycles. The van der Waals surface area contributed by atoms with Gasteiger partial charge in [0.05, 0.1) is 0 Å². The van der Waals surface area contributed by atoms with Crippen LogP contribution in [0.15, 0.2) is 24.3 Å². The highest BCUT2D eigenvalue weighted by Gasteiger charge is 2.64. The van der Waals surface area contributed by atoms with Gasteiger partial charge in [-0.3, -0.25) is 4.79 Å². The van der Waals surface area contributed by atoms with Gasteiger partial charge in [0.15, 0.2) is 0 Å². The van der Waals surface area contributed by atoms with Gasteiger partial charge < -0.3 is 11.1 Å². The third-order valence-corrected chi connectivity index (χ3v) is 3.26. The Kier molecular flexibility index (Phi) is 3.43. The second-order valence-corrected chi connectivity index (χ2v) is 4.87. The first-order valence-electron chi connectivity index (χ1n) is 6.05. The number of rotatable bonds is 4. The summed E-state index contributed by atoms with van der Waals surface area (Å²) in [6.45, 7) is 0. The smallest absolute Gasteiger partial charge is 0.399 e. The number of carbonyl (C=O) groups excluding carboxylic acids is 1. The first kappa shape index (κ1) is 13.7. The number of anilines is 1. The lowest BCUT2D eigenvalue weighted by Crippen LogP contribution is -2.47. The van der Waals surface area contributed by atoms with Crippen LogP contribution in [-0.2, 0) is 11.2 Å². The fourth-order valence-corrected chi connectivity index (χ4v) is 1.94. The SMILES string of the molecule is Nc1cccc(CCC(=O)NC2(C(F)(F)F)CC2)c1. The molecular formula is C13H15F3N2O. The number of carbonyl (C=O) groups is 1. The molecule has 0 bridgehead atoms. The first-order valence-corrected chi connectivity index (χ1v) is 6.05. The Bertz CT molecular complexity index is 481. The van der Waals surface area contributed by atoms with Crippen molar-refractivity contribution in [2.75, 3.05) is 5.73 Å². The normalized spacial score (nSPS) is 17.0. The van der Waals surface area contributed by atoms with Gasteiger partial charge in [0, 0.05) is 12.1 Å². The number of benzene rings is 1. The molecule has 0 aliphatic heterocycles. The van der Waals surface area contributed by atoms with E-state index in [-0.39, 0.29) is 19.3 Å². The van der Waals surface area contributed by atoms with Crippen LogP contribution in [0.5, 0.6) is 0 Å². The van der Waals surface area contributed by atoms with Crippen LogP contribution in [0.2, 0.25) is 0 Å². The van der Waals surface area contributed by atoms with E-state index in [9.17, 15) is 18.0 Å². The molecule has 1 amide bonds. The van der Waals surface area contributed by atoms with Crippen LogP contribution in [0.4, 0.5) is 18.9 Å². The zero-order chi connectivity index (χ0) is 14.1. The van der Waals surface area contributed by atoms with Crippen molar-refractivity contribution < 1.29 is 18.0 Å². The Morgan fingerprint density at radius 1 is 1.37 bits per heavy atom. The second-order valence-electron chi connectivity index (χ2n) is 4.87. The third kappa shape index (κ3) is 3.19. The van der Waals surface area contributed by atoms with Crippen molar-refractivity contribution in [3.63, 3.8) is 0 Å². The minimum absolute atomic E-state index is 0.0273. The predicted molar refractivity (Wildman–Crippen MR) is 65.3 cm³/mol. The third-order valence-electron chi connectivity index (χ3n) is 3.26. The van der Waals surface area contributed by atoms with E-state index in [0.717, 1.165) is 5.56 Å². The molecule has 104 valence electrons. The number of aryl methyl sites for hydroxylation is 1. The Hall–Kier alpha value is -1.72. The average molecular weight is 272 g/mol. The first-order chi connectivity index (χ1) is 8.82. The number of nitrogens with one attached hydrogen (secondary N) is 1. The van der Waals surface area contributed by atoms with E-state index in [1.807, 2.05) is 0 Å². The van der Waals surface area contributed by atoms with Crippen LogP contribution in [0.3, 0.4) is 0 Å². The topological polar surface area (TPSA) is 55.1 Å². The number of alkyl halides is 3. The molecule has 0 unspecified atom stereocenters. The lowest BCUT2D eigenvalue weighted by molar-refractivity contribution is -0.170. The molecule has 1 aliphatic rings. The van der Waals surface area contributed by atoms with E-state index in [0.29, 0.717) is 12.1 Å². The van der Waals surface area contributed by atoms with E-state index in [1.165, 1.54) is 0 Å². The van der Waals surface area contributed by atoms with Crippen LogP contribution in [0.25, 0.3) is 0 Å². The van der Waals surface area contributed by atoms with Crippen molar-refractivity contribution in [1.29, 1.82) is 0 Å². The molecule has 0 atom stereocenters. The van der Waals surface area contributed by atoms with Crippen LogP contribution in [-0.4, -0.2) is 17.6 Å². The van der Waals surface area contributed by atoms with E-state index in [2.05, 4.69) is 5.32 Å². The maximum Gasteiger partial charge on any atom is 0.411 e. The van der Waals surface area contributed by atoms with Crippen molar-refractivity contribution in [2.24, 2.45) is 0 Å². The van der Waals surface area contributed by atoms with Gasteiger partial charge in [-0.1, -0.05) is 12.1 Å². The van der Waals surface area contributed by atoms with Crippen molar-refractivity contribution in [3.05, 3.63) is 29.8 Å². The van der Waals surface area contributed by atoms with E-state index >= 15 is 0 Å². The van der Waals surface area contributed by atoms with Gasteiger partial charge in [-0.15, -0.1) is 0 Å². The second kappa shape index (κ2) is 4.75. The maximum atomic E-state index is 12.6. The molecule has 1 aromatic rings. The quantitative estimate of drug-likeness (QED) is 0.827.